The molecule has 3 rings (SSSR count). The van der Waals surface area contributed by atoms with Crippen LogP contribution in [0.5, 0.6) is 5.75 Å². The number of halogens is 1. The molecule has 0 saturated carbocycles. The summed E-state index contributed by atoms with van der Waals surface area (Å²) in [5.41, 5.74) is 0.404. The normalized spacial score (nSPS) is 15.9. The van der Waals surface area contributed by atoms with E-state index in [0.29, 0.717) is 39.6 Å². The van der Waals surface area contributed by atoms with Gasteiger partial charge in [0.1, 0.15) is 29.6 Å². The van der Waals surface area contributed by atoms with Gasteiger partial charge in [-0.1, -0.05) is 11.6 Å². The number of carbonyl (C=O) groups is 1. The summed E-state index contributed by atoms with van der Waals surface area (Å²) >= 11 is 10.9. The second-order valence-electron chi connectivity index (χ2n) is 5.08. The Labute approximate surface area is 149 Å². The molecule has 7 heteroatoms. The van der Waals surface area contributed by atoms with Gasteiger partial charge in [-0.3, -0.25) is 9.69 Å². The predicted octanol–water partition coefficient (Wildman–Crippen LogP) is 3.59. The Morgan fingerprint density at radius 3 is 2.71 bits per heavy atom. The Morgan fingerprint density at radius 1 is 1.29 bits per heavy atom. The predicted molar refractivity (Wildman–Crippen MR) is 95.6 cm³/mol. The van der Waals surface area contributed by atoms with Crippen molar-refractivity contribution in [3.63, 3.8) is 0 Å². The van der Waals surface area contributed by atoms with Crippen molar-refractivity contribution in [3.8, 4) is 5.75 Å². The molecule has 5 nitrogen and oxygen atoms in total. The topological polar surface area (TPSA) is 54.7 Å². The van der Waals surface area contributed by atoms with Gasteiger partial charge in [0.15, 0.2) is 5.11 Å². The van der Waals surface area contributed by atoms with Crippen molar-refractivity contribution in [1.82, 2.24) is 10.2 Å². The molecule has 0 spiro atoms. The van der Waals surface area contributed by atoms with Crippen molar-refractivity contribution >= 4 is 40.9 Å². The van der Waals surface area contributed by atoms with Crippen LogP contribution < -0.4 is 10.1 Å². The molecule has 24 heavy (non-hydrogen) atoms. The van der Waals surface area contributed by atoms with Gasteiger partial charge in [-0.2, -0.15) is 0 Å². The van der Waals surface area contributed by atoms with E-state index in [4.69, 9.17) is 33.0 Å². The number of benzene rings is 1. The number of furan rings is 1. The van der Waals surface area contributed by atoms with Crippen LogP contribution in [0.15, 0.2) is 46.5 Å². The molecule has 0 radical (unpaired) electrons. The standard InChI is InChI=1S/C17H15ClN2O3S/c1-2-20-16(21)15(19-17(20)24)9-13-7-8-14(23-13)10-22-12-5-3-11(18)4-6-12/h3-9H,2,10H2,1H3,(H,19,24)/b15-9+. The molecule has 2 heterocycles. The van der Waals surface area contributed by atoms with Gasteiger partial charge in [0, 0.05) is 17.6 Å². The van der Waals surface area contributed by atoms with E-state index in [9.17, 15) is 4.79 Å². The quantitative estimate of drug-likeness (QED) is 0.650. The fraction of sp³-hybridized carbons (Fsp3) is 0.176. The van der Waals surface area contributed by atoms with Gasteiger partial charge in [0.25, 0.3) is 5.91 Å². The van der Waals surface area contributed by atoms with E-state index in [2.05, 4.69) is 5.32 Å². The highest BCUT2D eigenvalue weighted by atomic mass is 35.5. The van der Waals surface area contributed by atoms with Crippen LogP contribution in [-0.2, 0) is 11.4 Å². The second kappa shape index (κ2) is 7.07. The Balaban J connectivity index is 1.65. The van der Waals surface area contributed by atoms with Crippen molar-refractivity contribution in [2.75, 3.05) is 6.54 Å². The van der Waals surface area contributed by atoms with Crippen molar-refractivity contribution < 1.29 is 13.9 Å². The summed E-state index contributed by atoms with van der Waals surface area (Å²) in [6, 6.07) is 10.7. The molecule has 1 aromatic carbocycles. The minimum Gasteiger partial charge on any atom is -0.486 e. The van der Waals surface area contributed by atoms with Gasteiger partial charge in [-0.05, 0) is 55.5 Å². The first kappa shape index (κ1) is 16.5. The zero-order valence-corrected chi connectivity index (χ0v) is 14.5. The Hall–Kier alpha value is -2.31. The van der Waals surface area contributed by atoms with Crippen LogP contribution >= 0.6 is 23.8 Å². The van der Waals surface area contributed by atoms with Gasteiger partial charge in [-0.25, -0.2) is 0 Å². The lowest BCUT2D eigenvalue weighted by molar-refractivity contribution is -0.122. The molecule has 1 aliphatic rings. The highest BCUT2D eigenvalue weighted by Gasteiger charge is 2.29. The van der Waals surface area contributed by atoms with E-state index >= 15 is 0 Å². The van der Waals surface area contributed by atoms with E-state index in [1.807, 2.05) is 6.92 Å². The monoisotopic (exact) mass is 362 g/mol. The first-order valence-electron chi connectivity index (χ1n) is 7.38. The Morgan fingerprint density at radius 2 is 2.04 bits per heavy atom. The van der Waals surface area contributed by atoms with E-state index in [1.54, 1.807) is 42.5 Å². The number of thiocarbonyl (C=S) groups is 1. The van der Waals surface area contributed by atoms with Crippen molar-refractivity contribution in [1.29, 1.82) is 0 Å². The third kappa shape index (κ3) is 3.60. The molecular formula is C17H15ClN2O3S. The van der Waals surface area contributed by atoms with Crippen LogP contribution in [0, 0.1) is 0 Å². The first-order chi connectivity index (χ1) is 11.6. The minimum atomic E-state index is -0.155. The molecule has 0 atom stereocenters. The Bertz CT molecular complexity index is 798. The number of ether oxygens (including phenoxy) is 1. The van der Waals surface area contributed by atoms with E-state index < -0.39 is 0 Å². The Kier molecular flexibility index (Phi) is 4.87. The zero-order valence-electron chi connectivity index (χ0n) is 12.9. The fourth-order valence-electron chi connectivity index (χ4n) is 2.24. The SMILES string of the molecule is CCN1C(=O)/C(=C\c2ccc(COc3ccc(Cl)cc3)o2)NC1=S. The lowest BCUT2D eigenvalue weighted by Gasteiger charge is -2.08. The summed E-state index contributed by atoms with van der Waals surface area (Å²) in [5, 5.41) is 3.95. The van der Waals surface area contributed by atoms with Crippen LogP contribution in [0.25, 0.3) is 6.08 Å². The molecule has 0 aliphatic carbocycles. The number of amides is 1. The average molecular weight is 363 g/mol. The molecule has 1 aromatic heterocycles. The summed E-state index contributed by atoms with van der Waals surface area (Å²) in [6.07, 6.45) is 1.64. The third-order valence-corrected chi connectivity index (χ3v) is 4.02. The summed E-state index contributed by atoms with van der Waals surface area (Å²) < 4.78 is 11.3. The van der Waals surface area contributed by atoms with E-state index in [0.717, 1.165) is 0 Å². The molecule has 1 saturated heterocycles. The average Bonchev–Trinajstić information content (AvgIpc) is 3.12. The maximum Gasteiger partial charge on any atom is 0.276 e. The highest BCUT2D eigenvalue weighted by Crippen LogP contribution is 2.19. The molecule has 1 aliphatic heterocycles. The third-order valence-electron chi connectivity index (χ3n) is 3.44. The molecule has 1 fully saturated rings. The molecule has 1 amide bonds. The molecule has 0 unspecified atom stereocenters. The molecule has 2 aromatic rings. The van der Waals surface area contributed by atoms with Gasteiger partial charge in [0.05, 0.1) is 0 Å². The lowest BCUT2D eigenvalue weighted by atomic mass is 10.3. The molecule has 1 N–H and O–H groups in total. The van der Waals surface area contributed by atoms with Crippen LogP contribution in [-0.4, -0.2) is 22.5 Å². The van der Waals surface area contributed by atoms with Gasteiger partial charge in [-0.15, -0.1) is 0 Å². The van der Waals surface area contributed by atoms with Crippen molar-refractivity contribution in [2.24, 2.45) is 0 Å². The number of nitrogens with one attached hydrogen (secondary N) is 1. The smallest absolute Gasteiger partial charge is 0.276 e. The number of hydrogen-bond acceptors (Lipinski definition) is 4. The van der Waals surface area contributed by atoms with Crippen molar-refractivity contribution in [3.05, 3.63) is 58.6 Å². The maximum absolute atomic E-state index is 12.1. The van der Waals surface area contributed by atoms with E-state index in [-0.39, 0.29) is 12.5 Å². The summed E-state index contributed by atoms with van der Waals surface area (Å²) in [7, 11) is 0. The van der Waals surface area contributed by atoms with Crippen LogP contribution in [0.4, 0.5) is 0 Å². The van der Waals surface area contributed by atoms with Gasteiger partial charge in [0.2, 0.25) is 0 Å². The number of nitrogens with zero attached hydrogens (tertiary/aromatic N) is 1. The van der Waals surface area contributed by atoms with Crippen LogP contribution in [0.3, 0.4) is 0 Å². The largest absolute Gasteiger partial charge is 0.486 e. The molecular weight excluding hydrogens is 348 g/mol. The molecule has 0 bridgehead atoms. The van der Waals surface area contributed by atoms with Gasteiger partial charge < -0.3 is 14.5 Å². The number of likely N-dealkylation sites (N-methyl/N-ethyl adjacent to an activating group) is 1. The van der Waals surface area contributed by atoms with Gasteiger partial charge >= 0.3 is 0 Å². The number of hydrogen-bond donors (Lipinski definition) is 1. The van der Waals surface area contributed by atoms with E-state index in [1.165, 1.54) is 4.90 Å². The number of carbonyl (C=O) groups excluding carboxylic acids is 1. The fourth-order valence-corrected chi connectivity index (χ4v) is 2.68. The summed E-state index contributed by atoms with van der Waals surface area (Å²) in [6.45, 7) is 2.68. The second-order valence-corrected chi connectivity index (χ2v) is 5.91. The lowest BCUT2D eigenvalue weighted by Crippen LogP contribution is -2.30. The minimum absolute atomic E-state index is 0.155. The molecule has 124 valence electrons. The summed E-state index contributed by atoms with van der Waals surface area (Å²) in [4.78, 5) is 13.6. The number of rotatable bonds is 5. The maximum atomic E-state index is 12.1. The highest BCUT2D eigenvalue weighted by molar-refractivity contribution is 7.80. The summed E-state index contributed by atoms with van der Waals surface area (Å²) in [5.74, 6) is 1.75. The van der Waals surface area contributed by atoms with Crippen molar-refractivity contribution in [2.45, 2.75) is 13.5 Å². The van der Waals surface area contributed by atoms with Crippen LogP contribution in [0.2, 0.25) is 5.02 Å². The zero-order chi connectivity index (χ0) is 17.1. The first-order valence-corrected chi connectivity index (χ1v) is 8.17. The van der Waals surface area contributed by atoms with Crippen LogP contribution in [0.1, 0.15) is 18.4 Å².